The minimum Gasteiger partial charge on any atom is -0.457 e. The van der Waals surface area contributed by atoms with Gasteiger partial charge in [-0.05, 0) is 73.8 Å². The zero-order valence-electron chi connectivity index (χ0n) is 17.5. The van der Waals surface area contributed by atoms with Crippen LogP contribution < -0.4 is 4.74 Å². The van der Waals surface area contributed by atoms with Gasteiger partial charge in [0.2, 0.25) is 5.79 Å². The molecule has 1 spiro atoms. The largest absolute Gasteiger partial charge is 0.457 e. The lowest BCUT2D eigenvalue weighted by atomic mass is 9.53. The molecule has 0 N–H and O–H groups in total. The first-order valence-electron chi connectivity index (χ1n) is 11.5. The quantitative estimate of drug-likeness (QED) is 0.577. The van der Waals surface area contributed by atoms with Crippen LogP contribution in [0.25, 0.3) is 0 Å². The Morgan fingerprint density at radius 1 is 0.833 bits per heavy atom. The third kappa shape index (κ3) is 3.17. The summed E-state index contributed by atoms with van der Waals surface area (Å²) in [6, 6.07) is 18.1. The minimum absolute atomic E-state index is 0.0892. The molecule has 30 heavy (non-hydrogen) atoms. The van der Waals surface area contributed by atoms with Crippen LogP contribution in [0.2, 0.25) is 0 Å². The fraction of sp³-hybridized carbons (Fsp3) is 0.538. The van der Waals surface area contributed by atoms with Crippen molar-refractivity contribution in [3.05, 3.63) is 60.2 Å². The number of ether oxygens (including phenoxy) is 2. The molecule has 4 bridgehead atoms. The molecule has 2 aromatic rings. The molecule has 1 heterocycles. The van der Waals surface area contributed by atoms with E-state index in [9.17, 15) is 0 Å². The number of benzene rings is 2. The number of rotatable bonds is 4. The normalized spacial score (nSPS) is 38.0. The molecule has 1 aliphatic heterocycles. The Morgan fingerprint density at radius 2 is 1.47 bits per heavy atom. The van der Waals surface area contributed by atoms with Crippen molar-refractivity contribution in [1.29, 1.82) is 0 Å². The number of hydrogen-bond donors (Lipinski definition) is 0. The van der Waals surface area contributed by atoms with E-state index in [0.29, 0.717) is 18.4 Å². The summed E-state index contributed by atoms with van der Waals surface area (Å²) in [5, 5.41) is 0. The molecule has 7 rings (SSSR count). The summed E-state index contributed by atoms with van der Waals surface area (Å²) in [6.45, 7) is 2.78. The van der Waals surface area contributed by atoms with Crippen molar-refractivity contribution in [3.63, 3.8) is 0 Å². The van der Waals surface area contributed by atoms with Gasteiger partial charge < -0.3 is 9.47 Å². The third-order valence-electron chi connectivity index (χ3n) is 7.99. The van der Waals surface area contributed by atoms with Gasteiger partial charge in [0.25, 0.3) is 0 Å². The lowest BCUT2D eigenvalue weighted by Crippen LogP contribution is -2.63. The first-order valence-corrected chi connectivity index (χ1v) is 11.5. The van der Waals surface area contributed by atoms with Crippen molar-refractivity contribution in [3.8, 4) is 11.5 Å². The molecule has 0 aromatic heterocycles. The Morgan fingerprint density at radius 3 is 2.07 bits per heavy atom. The second kappa shape index (κ2) is 7.37. The van der Waals surface area contributed by atoms with Crippen molar-refractivity contribution in [2.75, 3.05) is 6.61 Å². The van der Waals surface area contributed by atoms with Crippen LogP contribution in [0.5, 0.6) is 11.5 Å². The molecule has 2 aromatic carbocycles. The highest BCUT2D eigenvalue weighted by molar-refractivity contribution is 5.34. The highest BCUT2D eigenvalue weighted by Crippen LogP contribution is 2.60. The lowest BCUT2D eigenvalue weighted by molar-refractivity contribution is -0.526. The van der Waals surface area contributed by atoms with Crippen LogP contribution in [-0.4, -0.2) is 18.5 Å². The van der Waals surface area contributed by atoms with E-state index in [-0.39, 0.29) is 12.0 Å². The Labute approximate surface area is 178 Å². The molecule has 1 unspecified atom stereocenters. The SMILES string of the molecule is C[C@@H](c1ccc(Oc2ccccc2)cc1)C1COC2(OO1)C1CC3CC(C1)CC2C3. The number of para-hydroxylation sites is 1. The predicted octanol–water partition coefficient (Wildman–Crippen LogP) is 6.08. The fourth-order valence-corrected chi connectivity index (χ4v) is 6.52. The van der Waals surface area contributed by atoms with E-state index in [2.05, 4.69) is 19.1 Å². The van der Waals surface area contributed by atoms with Gasteiger partial charge in [0.05, 0.1) is 6.61 Å². The van der Waals surface area contributed by atoms with Crippen LogP contribution in [0.1, 0.15) is 50.5 Å². The van der Waals surface area contributed by atoms with Crippen LogP contribution in [-0.2, 0) is 14.5 Å². The third-order valence-corrected chi connectivity index (χ3v) is 7.99. The monoisotopic (exact) mass is 406 g/mol. The smallest absolute Gasteiger partial charge is 0.207 e. The van der Waals surface area contributed by atoms with Gasteiger partial charge in [-0.25, -0.2) is 9.78 Å². The van der Waals surface area contributed by atoms with E-state index in [4.69, 9.17) is 19.2 Å². The molecule has 4 saturated carbocycles. The molecule has 1 saturated heterocycles. The van der Waals surface area contributed by atoms with Gasteiger partial charge in [-0.15, -0.1) is 0 Å². The minimum atomic E-state index is -0.475. The summed E-state index contributed by atoms with van der Waals surface area (Å²) in [4.78, 5) is 12.2. The molecule has 158 valence electrons. The lowest BCUT2D eigenvalue weighted by Gasteiger charge is -2.60. The van der Waals surface area contributed by atoms with Gasteiger partial charge in [0.1, 0.15) is 17.6 Å². The fourth-order valence-electron chi connectivity index (χ4n) is 6.52. The van der Waals surface area contributed by atoms with E-state index in [1.165, 1.54) is 37.7 Å². The van der Waals surface area contributed by atoms with E-state index >= 15 is 0 Å². The van der Waals surface area contributed by atoms with Crippen LogP contribution in [0.4, 0.5) is 0 Å². The standard InChI is InChI=1S/C26H30O4/c1-17(20-7-9-24(10-8-20)28-23-5-3-2-4-6-23)25-16-27-26(30-29-25)21-12-18-11-19(14-21)15-22(26)13-18/h2-10,17-19,21-22,25H,11-16H2,1H3/t17-,18?,19?,21?,22?,25?,26?/m0/s1. The Bertz CT molecular complexity index is 840. The summed E-state index contributed by atoms with van der Waals surface area (Å²) in [5.74, 6) is 4.19. The molecule has 4 heteroatoms. The summed E-state index contributed by atoms with van der Waals surface area (Å²) in [6.07, 6.45) is 6.33. The average Bonchev–Trinajstić information content (AvgIpc) is 2.78. The van der Waals surface area contributed by atoms with E-state index in [1.54, 1.807) is 0 Å². The summed E-state index contributed by atoms with van der Waals surface area (Å²) in [5.41, 5.74) is 1.20. The molecular weight excluding hydrogens is 376 g/mol. The topological polar surface area (TPSA) is 36.9 Å². The van der Waals surface area contributed by atoms with E-state index in [1.807, 2.05) is 42.5 Å². The van der Waals surface area contributed by atoms with Crippen molar-refractivity contribution >= 4 is 0 Å². The maximum atomic E-state index is 6.53. The Balaban J connectivity index is 1.10. The Kier molecular flexibility index (Phi) is 4.63. The molecule has 4 nitrogen and oxygen atoms in total. The molecule has 5 fully saturated rings. The second-order valence-electron chi connectivity index (χ2n) is 9.83. The molecule has 4 aliphatic carbocycles. The first-order chi connectivity index (χ1) is 14.7. The Hall–Kier alpha value is -1.88. The van der Waals surface area contributed by atoms with Crippen molar-refractivity contribution in [1.82, 2.24) is 0 Å². The summed E-state index contributed by atoms with van der Waals surface area (Å²) >= 11 is 0. The zero-order chi connectivity index (χ0) is 20.1. The van der Waals surface area contributed by atoms with Gasteiger partial charge in [-0.2, -0.15) is 0 Å². The molecular formula is C26H30O4. The van der Waals surface area contributed by atoms with Gasteiger partial charge in [-0.3, -0.25) is 0 Å². The summed E-state index contributed by atoms with van der Waals surface area (Å²) < 4.78 is 12.4. The van der Waals surface area contributed by atoms with Gasteiger partial charge in [0.15, 0.2) is 0 Å². The van der Waals surface area contributed by atoms with E-state index < -0.39 is 5.79 Å². The maximum absolute atomic E-state index is 6.53. The van der Waals surface area contributed by atoms with E-state index in [0.717, 1.165) is 23.3 Å². The van der Waals surface area contributed by atoms with Crippen molar-refractivity contribution in [2.45, 2.75) is 56.8 Å². The average molecular weight is 407 g/mol. The van der Waals surface area contributed by atoms with Crippen molar-refractivity contribution < 1.29 is 19.2 Å². The molecule has 0 radical (unpaired) electrons. The van der Waals surface area contributed by atoms with Gasteiger partial charge in [0, 0.05) is 17.8 Å². The maximum Gasteiger partial charge on any atom is 0.207 e. The van der Waals surface area contributed by atoms with Gasteiger partial charge >= 0.3 is 0 Å². The predicted molar refractivity (Wildman–Crippen MR) is 113 cm³/mol. The highest BCUT2D eigenvalue weighted by Gasteiger charge is 2.61. The number of hydrogen-bond acceptors (Lipinski definition) is 4. The van der Waals surface area contributed by atoms with Crippen LogP contribution in [0.3, 0.4) is 0 Å². The zero-order valence-corrected chi connectivity index (χ0v) is 17.5. The highest BCUT2D eigenvalue weighted by atomic mass is 17.2. The molecule has 2 atom stereocenters. The first kappa shape index (κ1) is 18.9. The van der Waals surface area contributed by atoms with Crippen LogP contribution in [0.15, 0.2) is 54.6 Å². The molecule has 5 aliphatic rings. The van der Waals surface area contributed by atoms with Crippen LogP contribution >= 0.6 is 0 Å². The summed E-state index contributed by atoms with van der Waals surface area (Å²) in [7, 11) is 0. The second-order valence-corrected chi connectivity index (χ2v) is 9.83. The van der Waals surface area contributed by atoms with Crippen molar-refractivity contribution in [2.24, 2.45) is 23.7 Å². The van der Waals surface area contributed by atoms with Gasteiger partial charge in [-0.1, -0.05) is 37.3 Å². The molecule has 0 amide bonds. The van der Waals surface area contributed by atoms with Crippen LogP contribution in [0, 0.1) is 23.7 Å².